The molecule has 4 heteroatoms. The highest BCUT2D eigenvalue weighted by atomic mass is 16.4. The van der Waals surface area contributed by atoms with Crippen LogP contribution in [0.1, 0.15) is 41.6 Å². The Kier molecular flexibility index (Phi) is 3.74. The molecule has 0 atom stereocenters. The summed E-state index contributed by atoms with van der Waals surface area (Å²) < 4.78 is 5.52. The Morgan fingerprint density at radius 3 is 2.65 bits per heavy atom. The molecule has 3 rings (SSSR count). The van der Waals surface area contributed by atoms with Gasteiger partial charge in [0.05, 0.1) is 11.8 Å². The fourth-order valence-electron chi connectivity index (χ4n) is 2.98. The standard InChI is InChI=1S/C16H19NO3/c18-16(19)13-6-5-7-14-15(13)12(11-20-14)10-17-8-3-1-2-4-9-17/h5-7,11H,1-4,8-10H2,(H,18,19). The van der Waals surface area contributed by atoms with E-state index in [1.165, 1.54) is 25.7 Å². The molecule has 0 amide bonds. The second kappa shape index (κ2) is 5.67. The Morgan fingerprint density at radius 2 is 1.95 bits per heavy atom. The van der Waals surface area contributed by atoms with Gasteiger partial charge in [-0.05, 0) is 38.1 Å². The largest absolute Gasteiger partial charge is 0.478 e. The van der Waals surface area contributed by atoms with Crippen molar-refractivity contribution in [2.45, 2.75) is 32.2 Å². The Bertz CT molecular complexity index is 609. The molecule has 2 aromatic rings. The zero-order chi connectivity index (χ0) is 13.9. The number of rotatable bonds is 3. The zero-order valence-electron chi connectivity index (χ0n) is 11.5. The van der Waals surface area contributed by atoms with Gasteiger partial charge in [-0.3, -0.25) is 4.90 Å². The van der Waals surface area contributed by atoms with E-state index in [-0.39, 0.29) is 0 Å². The number of furan rings is 1. The van der Waals surface area contributed by atoms with Crippen LogP contribution in [0.15, 0.2) is 28.9 Å². The summed E-state index contributed by atoms with van der Waals surface area (Å²) in [5, 5.41) is 10.1. The third-order valence-electron chi connectivity index (χ3n) is 4.00. The van der Waals surface area contributed by atoms with Crippen LogP contribution >= 0.6 is 0 Å². The molecule has 1 saturated heterocycles. The Balaban J connectivity index is 1.93. The summed E-state index contributed by atoms with van der Waals surface area (Å²) in [4.78, 5) is 13.8. The van der Waals surface area contributed by atoms with Crippen molar-refractivity contribution in [1.82, 2.24) is 4.90 Å². The summed E-state index contributed by atoms with van der Waals surface area (Å²) in [5.74, 6) is -0.894. The number of aromatic carboxylic acids is 1. The van der Waals surface area contributed by atoms with Gasteiger partial charge in [-0.1, -0.05) is 18.9 Å². The lowest BCUT2D eigenvalue weighted by Crippen LogP contribution is -2.23. The first-order valence-corrected chi connectivity index (χ1v) is 7.20. The van der Waals surface area contributed by atoms with Gasteiger partial charge < -0.3 is 9.52 Å². The van der Waals surface area contributed by atoms with Crippen LogP contribution in [0.4, 0.5) is 0 Å². The molecular weight excluding hydrogens is 254 g/mol. The molecule has 1 N–H and O–H groups in total. The highest BCUT2D eigenvalue weighted by Gasteiger charge is 2.17. The normalized spacial score (nSPS) is 17.2. The number of fused-ring (bicyclic) bond motifs is 1. The molecule has 1 aromatic carbocycles. The second-order valence-corrected chi connectivity index (χ2v) is 5.44. The fourth-order valence-corrected chi connectivity index (χ4v) is 2.98. The van der Waals surface area contributed by atoms with E-state index >= 15 is 0 Å². The van der Waals surface area contributed by atoms with Gasteiger partial charge in [-0.25, -0.2) is 4.79 Å². The van der Waals surface area contributed by atoms with Crippen LogP contribution < -0.4 is 0 Å². The molecule has 1 aromatic heterocycles. The fraction of sp³-hybridized carbons (Fsp3) is 0.438. The molecule has 0 aliphatic carbocycles. The predicted octanol–water partition coefficient (Wildman–Crippen LogP) is 3.51. The van der Waals surface area contributed by atoms with E-state index in [0.29, 0.717) is 11.1 Å². The van der Waals surface area contributed by atoms with E-state index in [4.69, 9.17) is 4.42 Å². The molecule has 0 radical (unpaired) electrons. The zero-order valence-corrected chi connectivity index (χ0v) is 11.5. The van der Waals surface area contributed by atoms with E-state index in [1.807, 2.05) is 6.07 Å². The summed E-state index contributed by atoms with van der Waals surface area (Å²) in [6, 6.07) is 5.20. The number of likely N-dealkylation sites (tertiary alicyclic amines) is 1. The average Bonchev–Trinajstić information content (AvgIpc) is 2.68. The van der Waals surface area contributed by atoms with Crippen molar-refractivity contribution in [1.29, 1.82) is 0 Å². The molecule has 1 aliphatic heterocycles. The first-order chi connectivity index (χ1) is 9.75. The Hall–Kier alpha value is -1.81. The Labute approximate surface area is 118 Å². The van der Waals surface area contributed by atoms with Crippen LogP contribution in [-0.2, 0) is 6.54 Å². The van der Waals surface area contributed by atoms with Gasteiger partial charge in [0.15, 0.2) is 0 Å². The Morgan fingerprint density at radius 1 is 1.20 bits per heavy atom. The maximum absolute atomic E-state index is 11.4. The van der Waals surface area contributed by atoms with Crippen LogP contribution in [0.2, 0.25) is 0 Å². The molecule has 0 bridgehead atoms. The van der Waals surface area contributed by atoms with Gasteiger partial charge in [0, 0.05) is 17.5 Å². The SMILES string of the molecule is O=C(O)c1cccc2occ(CN3CCCCCC3)c12. The lowest BCUT2D eigenvalue weighted by Gasteiger charge is -2.19. The molecule has 0 unspecified atom stereocenters. The predicted molar refractivity (Wildman–Crippen MR) is 76.9 cm³/mol. The highest BCUT2D eigenvalue weighted by molar-refractivity contribution is 6.03. The average molecular weight is 273 g/mol. The summed E-state index contributed by atoms with van der Waals surface area (Å²) >= 11 is 0. The molecule has 4 nitrogen and oxygen atoms in total. The molecule has 1 aliphatic rings. The minimum absolute atomic E-state index is 0.334. The van der Waals surface area contributed by atoms with Crippen molar-refractivity contribution < 1.29 is 14.3 Å². The van der Waals surface area contributed by atoms with Crippen molar-refractivity contribution >= 4 is 16.9 Å². The van der Waals surface area contributed by atoms with Crippen molar-refractivity contribution in [3.63, 3.8) is 0 Å². The number of hydrogen-bond donors (Lipinski definition) is 1. The minimum atomic E-state index is -0.894. The number of benzene rings is 1. The van der Waals surface area contributed by atoms with E-state index in [2.05, 4.69) is 4.90 Å². The van der Waals surface area contributed by atoms with Gasteiger partial charge in [-0.2, -0.15) is 0 Å². The van der Waals surface area contributed by atoms with E-state index in [9.17, 15) is 9.90 Å². The molecule has 0 saturated carbocycles. The maximum Gasteiger partial charge on any atom is 0.336 e. The number of carboxylic acids is 1. The number of hydrogen-bond acceptors (Lipinski definition) is 3. The van der Waals surface area contributed by atoms with Crippen LogP contribution in [0.25, 0.3) is 11.0 Å². The van der Waals surface area contributed by atoms with Crippen LogP contribution in [0.5, 0.6) is 0 Å². The van der Waals surface area contributed by atoms with Gasteiger partial charge in [0.1, 0.15) is 5.58 Å². The number of carboxylic acid groups (broad SMARTS) is 1. The molecule has 20 heavy (non-hydrogen) atoms. The lowest BCUT2D eigenvalue weighted by molar-refractivity contribution is 0.0699. The molecule has 106 valence electrons. The first-order valence-electron chi connectivity index (χ1n) is 7.20. The van der Waals surface area contributed by atoms with Crippen molar-refractivity contribution in [3.05, 3.63) is 35.6 Å². The number of nitrogens with zero attached hydrogens (tertiary/aromatic N) is 1. The van der Waals surface area contributed by atoms with Crippen LogP contribution in [-0.4, -0.2) is 29.1 Å². The van der Waals surface area contributed by atoms with Crippen molar-refractivity contribution in [2.24, 2.45) is 0 Å². The van der Waals surface area contributed by atoms with E-state index in [1.54, 1.807) is 18.4 Å². The van der Waals surface area contributed by atoms with Crippen LogP contribution in [0.3, 0.4) is 0 Å². The summed E-state index contributed by atoms with van der Waals surface area (Å²) in [6.07, 6.45) is 6.75. The quantitative estimate of drug-likeness (QED) is 0.929. The molecule has 2 heterocycles. The summed E-state index contributed by atoms with van der Waals surface area (Å²) in [7, 11) is 0. The van der Waals surface area contributed by atoms with Gasteiger partial charge in [0.2, 0.25) is 0 Å². The van der Waals surface area contributed by atoms with Gasteiger partial charge in [-0.15, -0.1) is 0 Å². The third-order valence-corrected chi connectivity index (χ3v) is 4.00. The molecule has 0 spiro atoms. The monoisotopic (exact) mass is 273 g/mol. The smallest absolute Gasteiger partial charge is 0.336 e. The molecule has 1 fully saturated rings. The van der Waals surface area contributed by atoms with Crippen molar-refractivity contribution in [2.75, 3.05) is 13.1 Å². The van der Waals surface area contributed by atoms with E-state index < -0.39 is 5.97 Å². The number of carbonyl (C=O) groups is 1. The van der Waals surface area contributed by atoms with Gasteiger partial charge >= 0.3 is 5.97 Å². The first kappa shape index (κ1) is 13.2. The topological polar surface area (TPSA) is 53.7 Å². The third kappa shape index (κ3) is 2.56. The summed E-state index contributed by atoms with van der Waals surface area (Å²) in [6.45, 7) is 2.95. The maximum atomic E-state index is 11.4. The lowest BCUT2D eigenvalue weighted by atomic mass is 10.1. The van der Waals surface area contributed by atoms with Gasteiger partial charge in [0.25, 0.3) is 0 Å². The second-order valence-electron chi connectivity index (χ2n) is 5.44. The van der Waals surface area contributed by atoms with E-state index in [0.717, 1.165) is 30.6 Å². The summed E-state index contributed by atoms with van der Waals surface area (Å²) in [5.41, 5.74) is 1.98. The molecular formula is C16H19NO3. The highest BCUT2D eigenvalue weighted by Crippen LogP contribution is 2.27. The van der Waals surface area contributed by atoms with Crippen molar-refractivity contribution in [3.8, 4) is 0 Å². The van der Waals surface area contributed by atoms with Crippen LogP contribution in [0, 0.1) is 0 Å². The minimum Gasteiger partial charge on any atom is -0.478 e.